The molecule has 1 heterocycles. The Kier molecular flexibility index (Phi) is 7.59. The van der Waals surface area contributed by atoms with Gasteiger partial charge >= 0.3 is 6.08 Å². The van der Waals surface area contributed by atoms with Crippen molar-refractivity contribution in [3.05, 3.63) is 34.9 Å². The number of phenolic OH excluding ortho intramolecular Hbond substituents is 1. The Morgan fingerprint density at radius 1 is 1.31 bits per heavy atom. The molecule has 3 unspecified atom stereocenters. The lowest BCUT2D eigenvalue weighted by Gasteiger charge is -2.24. The second-order valence-electron chi connectivity index (χ2n) is 8.49. The summed E-state index contributed by atoms with van der Waals surface area (Å²) in [5.41, 5.74) is 3.33. The maximum Gasteiger partial charge on any atom is 0.388 e. The molecule has 3 rings (SSSR count). The first kappa shape index (κ1) is 21.7. The number of rotatable bonds is 8. The molecular formula is C24H36N2O3. The quantitative estimate of drug-likeness (QED) is 0.218. The second-order valence-corrected chi connectivity index (χ2v) is 8.49. The van der Waals surface area contributed by atoms with E-state index in [0.717, 1.165) is 49.8 Å². The van der Waals surface area contributed by atoms with Crippen LogP contribution in [0.1, 0.15) is 69.4 Å². The Morgan fingerprint density at radius 3 is 2.76 bits per heavy atom. The SMILES string of the molecule is CCCCCc1cc(O)c(C2C=C(C)CCC2)c(OC(=NC)OCC2CN2C)c1. The molecule has 0 amide bonds. The monoisotopic (exact) mass is 400 g/mol. The van der Waals surface area contributed by atoms with Crippen molar-refractivity contribution in [3.63, 3.8) is 0 Å². The lowest BCUT2D eigenvalue weighted by Crippen LogP contribution is -2.19. The van der Waals surface area contributed by atoms with Crippen molar-refractivity contribution < 1.29 is 14.6 Å². The third kappa shape index (κ3) is 5.99. The number of ether oxygens (including phenoxy) is 2. The lowest BCUT2D eigenvalue weighted by atomic mass is 9.84. The normalized spacial score (nSPS) is 24.2. The highest BCUT2D eigenvalue weighted by Crippen LogP contribution is 2.42. The zero-order chi connectivity index (χ0) is 20.8. The van der Waals surface area contributed by atoms with E-state index in [1.165, 1.54) is 18.4 Å². The van der Waals surface area contributed by atoms with Crippen molar-refractivity contribution in [3.8, 4) is 11.5 Å². The van der Waals surface area contributed by atoms with E-state index in [4.69, 9.17) is 9.47 Å². The summed E-state index contributed by atoms with van der Waals surface area (Å²) in [6.07, 6.45) is 10.2. The predicted octanol–water partition coefficient (Wildman–Crippen LogP) is 5.03. The van der Waals surface area contributed by atoms with Crippen molar-refractivity contribution in [2.24, 2.45) is 4.99 Å². The summed E-state index contributed by atoms with van der Waals surface area (Å²) in [5.74, 6) is 1.16. The molecule has 1 N–H and O–H groups in total. The van der Waals surface area contributed by atoms with Crippen LogP contribution in [0.3, 0.4) is 0 Å². The smallest absolute Gasteiger partial charge is 0.388 e. The maximum atomic E-state index is 10.9. The van der Waals surface area contributed by atoms with Crippen LogP contribution in [-0.2, 0) is 11.2 Å². The average Bonchev–Trinajstić information content (AvgIpc) is 3.40. The van der Waals surface area contributed by atoms with Crippen LogP contribution < -0.4 is 4.74 Å². The molecule has 0 saturated carbocycles. The van der Waals surface area contributed by atoms with Gasteiger partial charge in [-0.2, -0.15) is 0 Å². The number of benzene rings is 1. The van der Waals surface area contributed by atoms with Gasteiger partial charge < -0.3 is 14.6 Å². The van der Waals surface area contributed by atoms with E-state index in [0.29, 0.717) is 24.1 Å². The van der Waals surface area contributed by atoms with Gasteiger partial charge in [0.05, 0.1) is 6.04 Å². The highest BCUT2D eigenvalue weighted by atomic mass is 16.7. The molecule has 1 aromatic carbocycles. The van der Waals surface area contributed by atoms with E-state index in [9.17, 15) is 5.11 Å². The molecule has 0 bridgehead atoms. The molecule has 160 valence electrons. The van der Waals surface area contributed by atoms with E-state index in [-0.39, 0.29) is 12.0 Å². The van der Waals surface area contributed by atoms with Crippen LogP contribution in [-0.4, -0.2) is 49.4 Å². The van der Waals surface area contributed by atoms with E-state index in [2.05, 4.69) is 42.9 Å². The number of allylic oxidation sites excluding steroid dienone is 2. The first-order valence-electron chi connectivity index (χ1n) is 11.0. The standard InChI is InChI=1S/C24H36N2O3/c1-5-6-7-10-18-13-21(27)23(19-11-8-9-17(2)12-19)22(14-18)29-24(25-3)28-16-20-15-26(20)4/h12-14,19-20,27H,5-11,15-16H2,1-4H3. The molecule has 0 spiro atoms. The number of aliphatic imine (C=N–C) groups is 1. The molecular weight excluding hydrogens is 364 g/mol. The van der Waals surface area contributed by atoms with Crippen molar-refractivity contribution in [2.45, 2.75) is 70.8 Å². The molecule has 0 aromatic heterocycles. The molecule has 29 heavy (non-hydrogen) atoms. The Balaban J connectivity index is 1.84. The number of unbranched alkanes of at least 4 members (excludes halogenated alkanes) is 2. The van der Waals surface area contributed by atoms with E-state index in [1.54, 1.807) is 7.05 Å². The Hall–Kier alpha value is -2.01. The fourth-order valence-electron chi connectivity index (χ4n) is 4.05. The van der Waals surface area contributed by atoms with Gasteiger partial charge in [0.15, 0.2) is 0 Å². The first-order chi connectivity index (χ1) is 14.0. The average molecular weight is 401 g/mol. The summed E-state index contributed by atoms with van der Waals surface area (Å²) in [6, 6.07) is 4.42. The molecule has 3 atom stereocenters. The molecule has 1 aliphatic carbocycles. The van der Waals surface area contributed by atoms with Gasteiger partial charge in [0, 0.05) is 25.1 Å². The summed E-state index contributed by atoms with van der Waals surface area (Å²) in [6.45, 7) is 5.98. The molecule has 5 heteroatoms. The first-order valence-corrected chi connectivity index (χ1v) is 11.0. The minimum absolute atomic E-state index is 0.163. The van der Waals surface area contributed by atoms with Gasteiger partial charge in [0.1, 0.15) is 18.1 Å². The number of hydrogen-bond donors (Lipinski definition) is 1. The van der Waals surface area contributed by atoms with E-state index in [1.807, 2.05) is 6.07 Å². The zero-order valence-corrected chi connectivity index (χ0v) is 18.4. The van der Waals surface area contributed by atoms with Crippen LogP contribution in [0.5, 0.6) is 11.5 Å². The summed E-state index contributed by atoms with van der Waals surface area (Å²) >= 11 is 0. The third-order valence-electron chi connectivity index (χ3n) is 5.96. The highest BCUT2D eigenvalue weighted by Gasteiger charge is 2.31. The fourth-order valence-corrected chi connectivity index (χ4v) is 4.05. The summed E-state index contributed by atoms with van der Waals surface area (Å²) in [4.78, 5) is 6.42. The van der Waals surface area contributed by atoms with Gasteiger partial charge in [-0.05, 0) is 63.8 Å². The van der Waals surface area contributed by atoms with Gasteiger partial charge in [0.2, 0.25) is 0 Å². The molecule has 1 saturated heterocycles. The Labute approximate surface area is 175 Å². The minimum atomic E-state index is 0.163. The predicted molar refractivity (Wildman–Crippen MR) is 118 cm³/mol. The van der Waals surface area contributed by atoms with Crippen molar-refractivity contribution in [1.29, 1.82) is 0 Å². The molecule has 1 fully saturated rings. The summed E-state index contributed by atoms with van der Waals surface area (Å²) < 4.78 is 12.0. The van der Waals surface area contributed by atoms with Gasteiger partial charge in [0.25, 0.3) is 0 Å². The largest absolute Gasteiger partial charge is 0.507 e. The lowest BCUT2D eigenvalue weighted by molar-refractivity contribution is 0.226. The number of aryl methyl sites for hydroxylation is 1. The topological polar surface area (TPSA) is 54.1 Å². The van der Waals surface area contributed by atoms with Crippen LogP contribution in [0.25, 0.3) is 0 Å². The highest BCUT2D eigenvalue weighted by molar-refractivity contribution is 5.71. The van der Waals surface area contributed by atoms with Gasteiger partial charge in [-0.25, -0.2) is 4.99 Å². The van der Waals surface area contributed by atoms with E-state index < -0.39 is 0 Å². The minimum Gasteiger partial charge on any atom is -0.507 e. The molecule has 2 aliphatic rings. The van der Waals surface area contributed by atoms with Gasteiger partial charge in [-0.15, -0.1) is 0 Å². The van der Waals surface area contributed by atoms with Crippen LogP contribution >= 0.6 is 0 Å². The Bertz CT molecular complexity index is 757. The molecule has 0 radical (unpaired) electrons. The number of aromatic hydroxyl groups is 1. The Morgan fingerprint density at radius 2 is 2.10 bits per heavy atom. The fraction of sp³-hybridized carbons (Fsp3) is 0.625. The zero-order valence-electron chi connectivity index (χ0n) is 18.4. The van der Waals surface area contributed by atoms with Gasteiger partial charge in [-0.1, -0.05) is 31.4 Å². The second kappa shape index (κ2) is 10.1. The molecule has 1 aliphatic heterocycles. The molecule has 1 aromatic rings. The van der Waals surface area contributed by atoms with Crippen molar-refractivity contribution in [1.82, 2.24) is 4.90 Å². The third-order valence-corrected chi connectivity index (χ3v) is 5.96. The summed E-state index contributed by atoms with van der Waals surface area (Å²) in [5, 5.41) is 10.9. The van der Waals surface area contributed by atoms with E-state index >= 15 is 0 Å². The van der Waals surface area contributed by atoms with Crippen molar-refractivity contribution in [2.75, 3.05) is 27.2 Å². The maximum absolute atomic E-state index is 10.9. The van der Waals surface area contributed by atoms with Crippen LogP contribution in [0.4, 0.5) is 0 Å². The van der Waals surface area contributed by atoms with Crippen LogP contribution in [0, 0.1) is 0 Å². The number of nitrogens with zero attached hydrogens (tertiary/aromatic N) is 2. The van der Waals surface area contributed by atoms with Gasteiger partial charge in [-0.3, -0.25) is 4.90 Å². The van der Waals surface area contributed by atoms with Crippen LogP contribution in [0.15, 0.2) is 28.8 Å². The molecule has 5 nitrogen and oxygen atoms in total. The number of phenols is 1. The summed E-state index contributed by atoms with van der Waals surface area (Å²) in [7, 11) is 3.76. The van der Waals surface area contributed by atoms with Crippen LogP contribution in [0.2, 0.25) is 0 Å². The number of hydrogen-bond acceptors (Lipinski definition) is 5. The van der Waals surface area contributed by atoms with Crippen molar-refractivity contribution >= 4 is 6.08 Å². The number of likely N-dealkylation sites (N-methyl/N-ethyl adjacent to an activating group) is 1.